The smallest absolute Gasteiger partial charge is 0.246 e. The minimum Gasteiger partial charge on any atom is -0.358 e. The summed E-state index contributed by atoms with van der Waals surface area (Å²) >= 11 is 0. The Morgan fingerprint density at radius 1 is 1.33 bits per heavy atom. The Bertz CT molecular complexity index is 587. The second-order valence-electron chi connectivity index (χ2n) is 5.39. The van der Waals surface area contributed by atoms with Gasteiger partial charge in [-0.1, -0.05) is 13.0 Å². The summed E-state index contributed by atoms with van der Waals surface area (Å²) < 4.78 is 0. The van der Waals surface area contributed by atoms with Crippen LogP contribution in [0.25, 0.3) is 0 Å². The number of anilines is 2. The Balaban J connectivity index is 1.92. The van der Waals surface area contributed by atoms with Gasteiger partial charge >= 0.3 is 0 Å². The average molecular weight is 288 g/mol. The van der Waals surface area contributed by atoms with E-state index in [4.69, 9.17) is 0 Å². The third kappa shape index (κ3) is 2.25. The monoisotopic (exact) mass is 288 g/mol. The lowest BCUT2D eigenvalue weighted by Crippen LogP contribution is -2.55. The zero-order chi connectivity index (χ0) is 15.0. The lowest BCUT2D eigenvalue weighted by molar-refractivity contribution is -0.123. The van der Waals surface area contributed by atoms with Crippen molar-refractivity contribution in [3.05, 3.63) is 23.8 Å². The van der Waals surface area contributed by atoms with E-state index in [1.807, 2.05) is 25.1 Å². The maximum Gasteiger partial charge on any atom is 0.246 e. The number of carbonyl (C=O) groups excluding carboxylic acids is 2. The molecule has 2 amide bonds. The minimum absolute atomic E-state index is 0.0342. The normalized spacial score (nSPS) is 24.6. The van der Waals surface area contributed by atoms with E-state index < -0.39 is 0 Å². The van der Waals surface area contributed by atoms with Crippen LogP contribution in [-0.2, 0) is 9.59 Å². The molecule has 0 aliphatic carbocycles. The molecular formula is C15H20N4O2. The average Bonchev–Trinajstić information content (AvgIpc) is 2.81. The highest BCUT2D eigenvalue weighted by atomic mass is 16.2. The molecule has 3 rings (SSSR count). The molecular weight excluding hydrogens is 268 g/mol. The van der Waals surface area contributed by atoms with Crippen LogP contribution in [0.15, 0.2) is 18.2 Å². The molecule has 3 N–H and O–H groups in total. The third-order valence-corrected chi connectivity index (χ3v) is 4.21. The molecule has 0 radical (unpaired) electrons. The molecule has 1 fully saturated rings. The van der Waals surface area contributed by atoms with Gasteiger partial charge in [-0.2, -0.15) is 0 Å². The third-order valence-electron chi connectivity index (χ3n) is 4.21. The molecule has 0 bridgehead atoms. The molecule has 1 aromatic carbocycles. The van der Waals surface area contributed by atoms with Gasteiger partial charge in [0, 0.05) is 30.0 Å². The van der Waals surface area contributed by atoms with Crippen LogP contribution in [0.1, 0.15) is 24.9 Å². The van der Waals surface area contributed by atoms with E-state index in [1.54, 1.807) is 7.05 Å². The predicted molar refractivity (Wildman–Crippen MR) is 81.3 cm³/mol. The molecule has 1 saturated heterocycles. The minimum atomic E-state index is -0.291. The summed E-state index contributed by atoms with van der Waals surface area (Å²) in [6.45, 7) is 3.44. The fourth-order valence-electron chi connectivity index (χ4n) is 3.15. The van der Waals surface area contributed by atoms with Crippen molar-refractivity contribution in [2.24, 2.45) is 0 Å². The summed E-state index contributed by atoms with van der Waals surface area (Å²) in [4.78, 5) is 25.9. The first-order valence-electron chi connectivity index (χ1n) is 7.32. The van der Waals surface area contributed by atoms with Crippen LogP contribution >= 0.6 is 0 Å². The van der Waals surface area contributed by atoms with Crippen molar-refractivity contribution in [3.8, 4) is 0 Å². The predicted octanol–water partition coefficient (Wildman–Crippen LogP) is 0.614. The number of fused-ring (bicyclic) bond motifs is 1. The largest absolute Gasteiger partial charge is 0.358 e. The molecule has 0 aromatic heterocycles. The highest BCUT2D eigenvalue weighted by Gasteiger charge is 2.32. The number of nitrogens with zero attached hydrogens (tertiary/aromatic N) is 1. The second-order valence-corrected chi connectivity index (χ2v) is 5.39. The van der Waals surface area contributed by atoms with Crippen molar-refractivity contribution < 1.29 is 9.59 Å². The summed E-state index contributed by atoms with van der Waals surface area (Å²) in [6.07, 6.45) is 0.758. The summed E-state index contributed by atoms with van der Waals surface area (Å²) in [5, 5.41) is 8.80. The molecule has 2 unspecified atom stereocenters. The van der Waals surface area contributed by atoms with Crippen LogP contribution in [-0.4, -0.2) is 38.0 Å². The number of hydrogen-bond acceptors (Lipinski definition) is 4. The van der Waals surface area contributed by atoms with Gasteiger partial charge in [0.15, 0.2) is 0 Å². The number of piperazine rings is 1. The van der Waals surface area contributed by atoms with Gasteiger partial charge in [0.1, 0.15) is 12.1 Å². The summed E-state index contributed by atoms with van der Waals surface area (Å²) in [5.74, 6) is 0.0365. The van der Waals surface area contributed by atoms with Crippen LogP contribution in [0.2, 0.25) is 0 Å². The van der Waals surface area contributed by atoms with Gasteiger partial charge in [-0.25, -0.2) is 0 Å². The van der Waals surface area contributed by atoms with Crippen LogP contribution in [0.4, 0.5) is 11.4 Å². The highest BCUT2D eigenvalue weighted by Crippen LogP contribution is 2.34. The van der Waals surface area contributed by atoms with Crippen molar-refractivity contribution in [2.75, 3.05) is 30.4 Å². The first-order chi connectivity index (χ1) is 10.2. The van der Waals surface area contributed by atoms with Crippen LogP contribution in [0.5, 0.6) is 0 Å². The van der Waals surface area contributed by atoms with Gasteiger partial charge in [0.25, 0.3) is 0 Å². The van der Waals surface area contributed by atoms with Crippen molar-refractivity contribution in [2.45, 2.75) is 25.4 Å². The number of amides is 2. The van der Waals surface area contributed by atoms with E-state index in [1.165, 1.54) is 0 Å². The Morgan fingerprint density at radius 3 is 2.86 bits per heavy atom. The molecule has 2 aliphatic heterocycles. The zero-order valence-electron chi connectivity index (χ0n) is 12.3. The second kappa shape index (κ2) is 5.37. The van der Waals surface area contributed by atoms with E-state index in [0.29, 0.717) is 6.54 Å². The van der Waals surface area contributed by atoms with Crippen molar-refractivity contribution in [1.29, 1.82) is 0 Å². The summed E-state index contributed by atoms with van der Waals surface area (Å²) in [6, 6.07) is 5.48. The SMILES string of the molecule is CCC1C(=O)NCCN1c1ccc2c(c1)NC(=O)C2NC. The Hall–Kier alpha value is -2.08. The lowest BCUT2D eigenvalue weighted by atomic mass is 10.0. The fourth-order valence-corrected chi connectivity index (χ4v) is 3.15. The molecule has 6 nitrogen and oxygen atoms in total. The van der Waals surface area contributed by atoms with Crippen molar-refractivity contribution in [3.63, 3.8) is 0 Å². The number of rotatable bonds is 3. The molecule has 0 spiro atoms. The molecule has 21 heavy (non-hydrogen) atoms. The van der Waals surface area contributed by atoms with E-state index in [9.17, 15) is 9.59 Å². The maximum atomic E-state index is 12.0. The standard InChI is InChI=1S/C15H20N4O2/c1-3-12-14(20)17-6-7-19(12)9-4-5-10-11(8-9)18-15(21)13(10)16-2/h4-5,8,12-13,16H,3,6-7H2,1-2H3,(H,17,20)(H,18,21). The number of hydrogen-bond donors (Lipinski definition) is 3. The number of carbonyl (C=O) groups is 2. The molecule has 2 atom stereocenters. The van der Waals surface area contributed by atoms with Gasteiger partial charge in [-0.05, 0) is 25.6 Å². The Kier molecular flexibility index (Phi) is 3.55. The van der Waals surface area contributed by atoms with Crippen LogP contribution < -0.4 is 20.9 Å². The van der Waals surface area contributed by atoms with Crippen LogP contribution in [0, 0.1) is 0 Å². The van der Waals surface area contributed by atoms with E-state index in [0.717, 1.165) is 29.9 Å². The van der Waals surface area contributed by atoms with Gasteiger partial charge in [0.05, 0.1) is 0 Å². The van der Waals surface area contributed by atoms with Gasteiger partial charge in [0.2, 0.25) is 11.8 Å². The van der Waals surface area contributed by atoms with Crippen molar-refractivity contribution in [1.82, 2.24) is 10.6 Å². The number of benzene rings is 1. The molecule has 0 saturated carbocycles. The van der Waals surface area contributed by atoms with Gasteiger partial charge in [-0.3, -0.25) is 9.59 Å². The fraction of sp³-hybridized carbons (Fsp3) is 0.467. The first-order valence-corrected chi connectivity index (χ1v) is 7.32. The lowest BCUT2D eigenvalue weighted by Gasteiger charge is -2.36. The Morgan fingerprint density at radius 2 is 2.14 bits per heavy atom. The highest BCUT2D eigenvalue weighted by molar-refractivity contribution is 6.03. The Labute approximate surface area is 123 Å². The maximum absolute atomic E-state index is 12.0. The molecule has 1 aromatic rings. The molecule has 6 heteroatoms. The quantitative estimate of drug-likeness (QED) is 0.762. The molecule has 2 heterocycles. The topological polar surface area (TPSA) is 73.5 Å². The van der Waals surface area contributed by atoms with Crippen LogP contribution in [0.3, 0.4) is 0 Å². The van der Waals surface area contributed by atoms with Gasteiger partial charge in [-0.15, -0.1) is 0 Å². The molecule has 2 aliphatic rings. The van der Waals surface area contributed by atoms with E-state index in [-0.39, 0.29) is 23.9 Å². The number of nitrogens with one attached hydrogen (secondary N) is 3. The van der Waals surface area contributed by atoms with Gasteiger partial charge < -0.3 is 20.9 Å². The summed E-state index contributed by atoms with van der Waals surface area (Å²) in [5.41, 5.74) is 2.77. The molecule has 112 valence electrons. The summed E-state index contributed by atoms with van der Waals surface area (Å²) in [7, 11) is 1.77. The first kappa shape index (κ1) is 13.9. The van der Waals surface area contributed by atoms with Crippen molar-refractivity contribution >= 4 is 23.2 Å². The number of likely N-dealkylation sites (N-methyl/N-ethyl adjacent to an activating group) is 1. The van der Waals surface area contributed by atoms with E-state index >= 15 is 0 Å². The zero-order valence-corrected chi connectivity index (χ0v) is 12.3. The van der Waals surface area contributed by atoms with E-state index in [2.05, 4.69) is 20.9 Å².